The number of ether oxygens (including phenoxy) is 1. The minimum Gasteiger partial charge on any atom is -0.496 e. The van der Waals surface area contributed by atoms with Crippen molar-refractivity contribution >= 4 is 0 Å². The maximum atomic E-state index is 5.51. The fourth-order valence-electron chi connectivity index (χ4n) is 2.48. The summed E-state index contributed by atoms with van der Waals surface area (Å²) in [4.78, 5) is 0. The van der Waals surface area contributed by atoms with Crippen LogP contribution in [0.5, 0.6) is 5.75 Å². The number of nitrogens with one attached hydrogen (secondary N) is 1. The summed E-state index contributed by atoms with van der Waals surface area (Å²) in [6, 6.07) is 8.26. The minimum atomic E-state index is 0.111. The summed E-state index contributed by atoms with van der Waals surface area (Å²) in [5.74, 6) is 0.907. The average Bonchev–Trinajstić information content (AvgIpc) is 2.79. The molecule has 4 nitrogen and oxygen atoms in total. The topological polar surface area (TPSA) is 39.1 Å². The van der Waals surface area contributed by atoms with Crippen LogP contribution in [0.1, 0.15) is 36.2 Å². The third-order valence-corrected chi connectivity index (χ3v) is 3.41. The summed E-state index contributed by atoms with van der Waals surface area (Å²) < 4.78 is 7.37. The standard InChI is InChI=1S/C16H23N3O/c1-5-10-17-16(14-11-19(3)18-12(14)2)13-8-6-7-9-15(13)20-4/h6-9,11,16-17H,5,10H2,1-4H3. The van der Waals surface area contributed by atoms with Gasteiger partial charge in [-0.1, -0.05) is 25.1 Å². The quantitative estimate of drug-likeness (QED) is 0.879. The highest BCUT2D eigenvalue weighted by atomic mass is 16.5. The Balaban J connectivity index is 2.44. The zero-order chi connectivity index (χ0) is 14.5. The molecule has 0 aliphatic heterocycles. The Hall–Kier alpha value is -1.81. The molecule has 0 saturated heterocycles. The maximum Gasteiger partial charge on any atom is 0.123 e. The molecular formula is C16H23N3O. The predicted octanol–water partition coefficient (Wildman–Crippen LogP) is 2.83. The van der Waals surface area contributed by atoms with Crippen LogP contribution >= 0.6 is 0 Å². The largest absolute Gasteiger partial charge is 0.496 e. The Bertz CT molecular complexity index is 563. The van der Waals surface area contributed by atoms with Gasteiger partial charge in [0.25, 0.3) is 0 Å². The number of rotatable bonds is 6. The van der Waals surface area contributed by atoms with Crippen molar-refractivity contribution in [2.24, 2.45) is 7.05 Å². The molecule has 1 atom stereocenters. The second-order valence-electron chi connectivity index (χ2n) is 4.97. The van der Waals surface area contributed by atoms with Crippen molar-refractivity contribution in [1.82, 2.24) is 15.1 Å². The van der Waals surface area contributed by atoms with Crippen LogP contribution in [0.3, 0.4) is 0 Å². The van der Waals surface area contributed by atoms with E-state index in [-0.39, 0.29) is 6.04 Å². The van der Waals surface area contributed by atoms with Gasteiger partial charge in [0.15, 0.2) is 0 Å². The molecule has 1 unspecified atom stereocenters. The monoisotopic (exact) mass is 273 g/mol. The zero-order valence-electron chi connectivity index (χ0n) is 12.7. The fraction of sp³-hybridized carbons (Fsp3) is 0.438. The van der Waals surface area contributed by atoms with Crippen LogP contribution in [0, 0.1) is 6.92 Å². The molecule has 0 aliphatic carbocycles. The van der Waals surface area contributed by atoms with Crippen molar-refractivity contribution < 1.29 is 4.74 Å². The summed E-state index contributed by atoms with van der Waals surface area (Å²) in [5.41, 5.74) is 3.40. The van der Waals surface area contributed by atoms with Crippen LogP contribution in [0.2, 0.25) is 0 Å². The number of hydrogen-bond donors (Lipinski definition) is 1. The van der Waals surface area contributed by atoms with Crippen LogP contribution in [0.4, 0.5) is 0 Å². The van der Waals surface area contributed by atoms with E-state index in [1.165, 1.54) is 5.56 Å². The first kappa shape index (κ1) is 14.6. The third-order valence-electron chi connectivity index (χ3n) is 3.41. The minimum absolute atomic E-state index is 0.111. The summed E-state index contributed by atoms with van der Waals surface area (Å²) in [7, 11) is 3.67. The molecule has 4 heteroatoms. The SMILES string of the molecule is CCCNC(c1ccccc1OC)c1cn(C)nc1C. The number of methoxy groups -OCH3 is 1. The first-order valence-corrected chi connectivity index (χ1v) is 7.03. The van der Waals surface area contributed by atoms with Crippen LogP contribution in [-0.2, 0) is 7.05 Å². The van der Waals surface area contributed by atoms with Crippen LogP contribution < -0.4 is 10.1 Å². The van der Waals surface area contributed by atoms with Gasteiger partial charge >= 0.3 is 0 Å². The van der Waals surface area contributed by atoms with E-state index in [1.807, 2.05) is 36.9 Å². The summed E-state index contributed by atoms with van der Waals surface area (Å²) in [6.45, 7) is 5.17. The normalized spacial score (nSPS) is 12.4. The van der Waals surface area contributed by atoms with Gasteiger partial charge in [-0.2, -0.15) is 5.10 Å². The number of para-hydroxylation sites is 1. The predicted molar refractivity (Wildman–Crippen MR) is 81.1 cm³/mol. The van der Waals surface area contributed by atoms with E-state index in [9.17, 15) is 0 Å². The lowest BCUT2D eigenvalue weighted by Gasteiger charge is -2.21. The van der Waals surface area contributed by atoms with Crippen molar-refractivity contribution in [3.8, 4) is 5.75 Å². The molecule has 1 heterocycles. The van der Waals surface area contributed by atoms with Gasteiger partial charge in [-0.05, 0) is 26.0 Å². The molecule has 1 N–H and O–H groups in total. The van der Waals surface area contributed by atoms with Gasteiger partial charge < -0.3 is 10.1 Å². The molecule has 0 saturated carbocycles. The van der Waals surface area contributed by atoms with Gasteiger partial charge in [0.05, 0.1) is 18.8 Å². The first-order chi connectivity index (χ1) is 9.67. The maximum absolute atomic E-state index is 5.51. The van der Waals surface area contributed by atoms with Gasteiger partial charge in [0, 0.05) is 24.4 Å². The Morgan fingerprint density at radius 3 is 2.65 bits per heavy atom. The molecule has 1 aromatic carbocycles. The molecule has 0 aliphatic rings. The molecule has 108 valence electrons. The van der Waals surface area contributed by atoms with E-state index in [0.717, 1.165) is 30.0 Å². The Kier molecular flexibility index (Phi) is 4.79. The molecule has 0 spiro atoms. The Labute approximate surface area is 120 Å². The van der Waals surface area contributed by atoms with Crippen molar-refractivity contribution in [2.45, 2.75) is 26.3 Å². The molecule has 1 aromatic heterocycles. The van der Waals surface area contributed by atoms with E-state index in [2.05, 4.69) is 29.6 Å². The van der Waals surface area contributed by atoms with Crippen LogP contribution in [0.25, 0.3) is 0 Å². The Morgan fingerprint density at radius 1 is 1.30 bits per heavy atom. The van der Waals surface area contributed by atoms with Crippen LogP contribution in [0.15, 0.2) is 30.5 Å². The highest BCUT2D eigenvalue weighted by Gasteiger charge is 2.20. The summed E-state index contributed by atoms with van der Waals surface area (Å²) in [5, 5.41) is 8.05. The van der Waals surface area contributed by atoms with E-state index in [0.29, 0.717) is 0 Å². The highest BCUT2D eigenvalue weighted by molar-refractivity contribution is 5.42. The Morgan fingerprint density at radius 2 is 2.05 bits per heavy atom. The first-order valence-electron chi connectivity index (χ1n) is 7.03. The molecule has 0 bridgehead atoms. The van der Waals surface area contributed by atoms with Gasteiger partial charge in [-0.15, -0.1) is 0 Å². The second kappa shape index (κ2) is 6.57. The third kappa shape index (κ3) is 3.02. The summed E-state index contributed by atoms with van der Waals surface area (Å²) in [6.07, 6.45) is 3.17. The zero-order valence-corrected chi connectivity index (χ0v) is 12.7. The molecule has 0 radical (unpaired) electrons. The van der Waals surface area contributed by atoms with E-state index in [1.54, 1.807) is 7.11 Å². The lowest BCUT2D eigenvalue weighted by molar-refractivity contribution is 0.403. The molecular weight excluding hydrogens is 250 g/mol. The number of aryl methyl sites for hydroxylation is 2. The van der Waals surface area contributed by atoms with Gasteiger partial charge in [-0.25, -0.2) is 0 Å². The van der Waals surface area contributed by atoms with Crippen molar-refractivity contribution in [3.63, 3.8) is 0 Å². The molecule has 20 heavy (non-hydrogen) atoms. The molecule has 0 amide bonds. The van der Waals surface area contributed by atoms with Gasteiger partial charge in [-0.3, -0.25) is 4.68 Å². The van der Waals surface area contributed by atoms with Gasteiger partial charge in [0.1, 0.15) is 5.75 Å². The van der Waals surface area contributed by atoms with E-state index in [4.69, 9.17) is 4.74 Å². The lowest BCUT2D eigenvalue weighted by Crippen LogP contribution is -2.24. The van der Waals surface area contributed by atoms with Crippen molar-refractivity contribution in [1.29, 1.82) is 0 Å². The van der Waals surface area contributed by atoms with Gasteiger partial charge in [0.2, 0.25) is 0 Å². The highest BCUT2D eigenvalue weighted by Crippen LogP contribution is 2.31. The van der Waals surface area contributed by atoms with Crippen LogP contribution in [-0.4, -0.2) is 23.4 Å². The van der Waals surface area contributed by atoms with E-state index < -0.39 is 0 Å². The number of nitrogens with zero attached hydrogens (tertiary/aromatic N) is 2. The number of aromatic nitrogens is 2. The molecule has 2 aromatic rings. The van der Waals surface area contributed by atoms with Crippen molar-refractivity contribution in [2.75, 3.05) is 13.7 Å². The molecule has 2 rings (SSSR count). The second-order valence-corrected chi connectivity index (χ2v) is 4.97. The number of hydrogen-bond acceptors (Lipinski definition) is 3. The lowest BCUT2D eigenvalue weighted by atomic mass is 9.98. The summed E-state index contributed by atoms with van der Waals surface area (Å²) >= 11 is 0. The number of benzene rings is 1. The van der Waals surface area contributed by atoms with Crippen molar-refractivity contribution in [3.05, 3.63) is 47.3 Å². The molecule has 0 fully saturated rings. The fourth-order valence-corrected chi connectivity index (χ4v) is 2.48. The average molecular weight is 273 g/mol. The smallest absolute Gasteiger partial charge is 0.123 e. The van der Waals surface area contributed by atoms with E-state index >= 15 is 0 Å².